The lowest BCUT2D eigenvalue weighted by atomic mass is 10.2. The van der Waals surface area contributed by atoms with E-state index >= 15 is 0 Å². The van der Waals surface area contributed by atoms with E-state index in [1.165, 1.54) is 7.11 Å². The number of nitrogen functional groups attached to an aromatic ring is 1. The fourth-order valence-electron chi connectivity index (χ4n) is 1.11. The number of hydrogen-bond acceptors (Lipinski definition) is 4. The maximum absolute atomic E-state index is 12.9. The second kappa shape index (κ2) is 3.97. The summed E-state index contributed by atoms with van der Waals surface area (Å²) in [5.41, 5.74) is 6.30. The quantitative estimate of drug-likeness (QED) is 0.670. The maximum Gasteiger partial charge on any atom is 0.335 e. The molecule has 1 rings (SSSR count). The van der Waals surface area contributed by atoms with Crippen LogP contribution in [-0.4, -0.2) is 15.5 Å². The van der Waals surface area contributed by atoms with Crippen molar-refractivity contribution >= 4 is 31.8 Å². The first-order valence-corrected chi connectivity index (χ1v) is 6.04. The summed E-state index contributed by atoms with van der Waals surface area (Å²) in [5, 5.41) is 0. The van der Waals surface area contributed by atoms with E-state index in [1.807, 2.05) is 0 Å². The van der Waals surface area contributed by atoms with Crippen molar-refractivity contribution in [1.29, 1.82) is 0 Å². The zero-order valence-corrected chi connectivity index (χ0v) is 10.4. The van der Waals surface area contributed by atoms with Gasteiger partial charge in [0, 0.05) is 4.47 Å². The topological polar surface area (TPSA) is 69.4 Å². The lowest BCUT2D eigenvalue weighted by molar-refractivity contribution is 0.403. The van der Waals surface area contributed by atoms with E-state index in [2.05, 4.69) is 15.9 Å². The highest BCUT2D eigenvalue weighted by Crippen LogP contribution is 2.37. The Labute approximate surface area is 95.6 Å². The minimum absolute atomic E-state index is 0.100. The largest absolute Gasteiger partial charge is 0.493 e. The van der Waals surface area contributed by atoms with Crippen molar-refractivity contribution < 1.29 is 17.0 Å². The highest BCUT2D eigenvalue weighted by molar-refractivity contribution is 9.10. The molecule has 1 aromatic rings. The Balaban J connectivity index is 3.68. The summed E-state index contributed by atoms with van der Waals surface area (Å²) in [6.45, 7) is 1.66. The second-order valence-electron chi connectivity index (χ2n) is 2.87. The van der Waals surface area contributed by atoms with Gasteiger partial charge in [-0.2, -0.15) is 8.42 Å². The molecule has 0 saturated carbocycles. The van der Waals surface area contributed by atoms with Gasteiger partial charge in [-0.3, -0.25) is 0 Å². The van der Waals surface area contributed by atoms with Gasteiger partial charge in [0.1, 0.15) is 4.90 Å². The molecule has 7 heteroatoms. The summed E-state index contributed by atoms with van der Waals surface area (Å²) < 4.78 is 39.7. The molecule has 0 atom stereocenters. The summed E-state index contributed by atoms with van der Waals surface area (Å²) in [7, 11) is -3.61. The lowest BCUT2D eigenvalue weighted by Gasteiger charge is -2.12. The van der Waals surface area contributed by atoms with Gasteiger partial charge in [0.25, 0.3) is 0 Å². The molecule has 0 aliphatic carbocycles. The van der Waals surface area contributed by atoms with Gasteiger partial charge in [-0.05, 0) is 18.6 Å². The Bertz CT molecular complexity index is 501. The van der Waals surface area contributed by atoms with Crippen LogP contribution in [0.15, 0.2) is 15.4 Å². The van der Waals surface area contributed by atoms with E-state index in [0.29, 0.717) is 10.0 Å². The molecule has 2 N–H and O–H groups in total. The summed E-state index contributed by atoms with van der Waals surface area (Å²) in [4.78, 5) is -0.569. The lowest BCUT2D eigenvalue weighted by Crippen LogP contribution is -2.03. The van der Waals surface area contributed by atoms with Crippen LogP contribution in [0.3, 0.4) is 0 Å². The van der Waals surface area contributed by atoms with Gasteiger partial charge < -0.3 is 10.5 Å². The molecule has 0 fully saturated rings. The first-order valence-electron chi connectivity index (χ1n) is 3.86. The highest BCUT2D eigenvalue weighted by Gasteiger charge is 2.23. The van der Waals surface area contributed by atoms with E-state index in [4.69, 9.17) is 10.5 Å². The number of halogens is 2. The zero-order valence-electron chi connectivity index (χ0n) is 8.04. The average molecular weight is 298 g/mol. The minimum atomic E-state index is -4.84. The van der Waals surface area contributed by atoms with Crippen LogP contribution >= 0.6 is 15.9 Å². The Morgan fingerprint density at radius 3 is 2.47 bits per heavy atom. The Morgan fingerprint density at radius 1 is 1.53 bits per heavy atom. The van der Waals surface area contributed by atoms with Crippen LogP contribution in [0.4, 0.5) is 9.57 Å². The third kappa shape index (κ3) is 2.23. The molecule has 0 bridgehead atoms. The number of methoxy groups -OCH3 is 1. The number of ether oxygens (including phenoxy) is 1. The predicted octanol–water partition coefficient (Wildman–Crippen LogP) is 2.01. The fraction of sp³-hybridized carbons (Fsp3) is 0.250. The molecule has 0 amide bonds. The molecular weight excluding hydrogens is 289 g/mol. The summed E-state index contributed by atoms with van der Waals surface area (Å²) in [6, 6.07) is 1.12. The fourth-order valence-corrected chi connectivity index (χ4v) is 2.38. The Morgan fingerprint density at radius 2 is 2.07 bits per heavy atom. The third-order valence-electron chi connectivity index (χ3n) is 1.96. The van der Waals surface area contributed by atoms with Crippen molar-refractivity contribution in [2.75, 3.05) is 12.8 Å². The molecule has 0 aromatic heterocycles. The van der Waals surface area contributed by atoms with Crippen LogP contribution in [0.25, 0.3) is 0 Å². The Hall–Kier alpha value is -0.820. The molecule has 0 saturated heterocycles. The molecule has 0 spiro atoms. The van der Waals surface area contributed by atoms with Crippen molar-refractivity contribution in [3.63, 3.8) is 0 Å². The van der Waals surface area contributed by atoms with Gasteiger partial charge in [0.2, 0.25) is 0 Å². The van der Waals surface area contributed by atoms with E-state index in [9.17, 15) is 12.3 Å². The van der Waals surface area contributed by atoms with E-state index in [-0.39, 0.29) is 11.4 Å². The van der Waals surface area contributed by atoms with Crippen LogP contribution in [0.1, 0.15) is 5.56 Å². The maximum atomic E-state index is 12.9. The molecule has 0 radical (unpaired) electrons. The summed E-state index contributed by atoms with van der Waals surface area (Å²) in [5.74, 6) is -0.168. The van der Waals surface area contributed by atoms with Crippen molar-refractivity contribution in [2.45, 2.75) is 11.8 Å². The second-order valence-corrected chi connectivity index (χ2v) is 5.04. The number of hydrogen-bond donors (Lipinski definition) is 1. The predicted molar refractivity (Wildman–Crippen MR) is 58.1 cm³/mol. The SMILES string of the molecule is COc1c(S(=O)(=O)F)cc(Br)c(C)c1N. The van der Waals surface area contributed by atoms with Gasteiger partial charge in [0.05, 0.1) is 12.8 Å². The molecule has 4 nitrogen and oxygen atoms in total. The van der Waals surface area contributed by atoms with Crippen molar-refractivity contribution in [2.24, 2.45) is 0 Å². The Kier molecular flexibility index (Phi) is 3.25. The van der Waals surface area contributed by atoms with Crippen molar-refractivity contribution in [3.05, 3.63) is 16.1 Å². The molecule has 0 aliphatic heterocycles. The van der Waals surface area contributed by atoms with Gasteiger partial charge in [-0.25, -0.2) is 0 Å². The van der Waals surface area contributed by atoms with Gasteiger partial charge in [0.15, 0.2) is 5.75 Å². The van der Waals surface area contributed by atoms with Crippen LogP contribution in [0.5, 0.6) is 5.75 Å². The molecular formula is C8H9BrFNO3S. The van der Waals surface area contributed by atoms with Gasteiger partial charge in [-0.1, -0.05) is 15.9 Å². The standard InChI is InChI=1S/C8H9BrFNO3S/c1-4-5(9)3-6(15(10,12)13)8(14-2)7(4)11/h3H,11H2,1-2H3. The first kappa shape index (κ1) is 12.3. The first-order chi connectivity index (χ1) is 6.79. The number of anilines is 1. The smallest absolute Gasteiger partial charge is 0.335 e. The minimum Gasteiger partial charge on any atom is -0.493 e. The number of benzene rings is 1. The molecule has 1 aromatic carbocycles. The van der Waals surface area contributed by atoms with Crippen LogP contribution in [-0.2, 0) is 10.2 Å². The van der Waals surface area contributed by atoms with E-state index < -0.39 is 15.1 Å². The normalized spacial score (nSPS) is 11.5. The van der Waals surface area contributed by atoms with Crippen molar-refractivity contribution in [1.82, 2.24) is 0 Å². The summed E-state index contributed by atoms with van der Waals surface area (Å²) in [6.07, 6.45) is 0. The van der Waals surface area contributed by atoms with Crippen molar-refractivity contribution in [3.8, 4) is 5.75 Å². The summed E-state index contributed by atoms with van der Waals surface area (Å²) >= 11 is 3.09. The highest BCUT2D eigenvalue weighted by atomic mass is 79.9. The van der Waals surface area contributed by atoms with Gasteiger partial charge >= 0.3 is 10.2 Å². The zero-order chi connectivity index (χ0) is 11.8. The van der Waals surface area contributed by atoms with E-state index in [1.54, 1.807) is 6.92 Å². The molecule has 0 heterocycles. The molecule has 0 unspecified atom stereocenters. The average Bonchev–Trinajstić information content (AvgIpc) is 2.12. The van der Waals surface area contributed by atoms with Crippen LogP contribution in [0.2, 0.25) is 0 Å². The molecule has 15 heavy (non-hydrogen) atoms. The van der Waals surface area contributed by atoms with Crippen LogP contribution in [0, 0.1) is 6.92 Å². The number of rotatable bonds is 2. The molecule has 0 aliphatic rings. The monoisotopic (exact) mass is 297 g/mol. The third-order valence-corrected chi connectivity index (χ3v) is 3.61. The van der Waals surface area contributed by atoms with Crippen LogP contribution < -0.4 is 10.5 Å². The molecule has 84 valence electrons. The van der Waals surface area contributed by atoms with Gasteiger partial charge in [-0.15, -0.1) is 3.89 Å². The number of nitrogens with two attached hydrogens (primary N) is 1. The van der Waals surface area contributed by atoms with E-state index in [0.717, 1.165) is 6.07 Å².